The van der Waals surface area contributed by atoms with Crippen molar-refractivity contribution >= 4 is 27.7 Å². The van der Waals surface area contributed by atoms with Crippen LogP contribution in [0.5, 0.6) is 0 Å². The molecule has 0 aromatic heterocycles. The SMILES string of the molecule is Brc1cccc(C2CC(NCC3CCSCC3)C2)c1. The molecular weight excluding hydrogens is 318 g/mol. The zero-order chi connectivity index (χ0) is 13.1. The van der Waals surface area contributed by atoms with Crippen LogP contribution in [0.1, 0.15) is 37.2 Å². The highest BCUT2D eigenvalue weighted by atomic mass is 79.9. The predicted molar refractivity (Wildman–Crippen MR) is 88.0 cm³/mol. The molecule has 1 nitrogen and oxygen atoms in total. The molecule has 1 saturated carbocycles. The van der Waals surface area contributed by atoms with Gasteiger partial charge in [0.25, 0.3) is 0 Å². The van der Waals surface area contributed by atoms with Crippen molar-refractivity contribution in [3.8, 4) is 0 Å². The number of thioether (sulfide) groups is 1. The summed E-state index contributed by atoms with van der Waals surface area (Å²) in [6, 6.07) is 9.57. The van der Waals surface area contributed by atoms with E-state index in [1.807, 2.05) is 0 Å². The first kappa shape index (κ1) is 14.0. The number of benzene rings is 1. The van der Waals surface area contributed by atoms with Crippen molar-refractivity contribution in [2.24, 2.45) is 5.92 Å². The van der Waals surface area contributed by atoms with Gasteiger partial charge in [0.1, 0.15) is 0 Å². The van der Waals surface area contributed by atoms with E-state index in [-0.39, 0.29) is 0 Å². The second kappa shape index (κ2) is 6.64. The maximum Gasteiger partial charge on any atom is 0.0178 e. The first-order valence-corrected chi connectivity index (χ1v) is 9.32. The summed E-state index contributed by atoms with van der Waals surface area (Å²) in [6.07, 6.45) is 5.47. The second-order valence-electron chi connectivity index (χ2n) is 5.88. The number of hydrogen-bond acceptors (Lipinski definition) is 2. The van der Waals surface area contributed by atoms with Crippen LogP contribution in [-0.2, 0) is 0 Å². The van der Waals surface area contributed by atoms with Gasteiger partial charge in [0.05, 0.1) is 0 Å². The Morgan fingerprint density at radius 2 is 2.00 bits per heavy atom. The molecule has 1 saturated heterocycles. The van der Waals surface area contributed by atoms with Gasteiger partial charge in [0.15, 0.2) is 0 Å². The van der Waals surface area contributed by atoms with Crippen LogP contribution in [0.2, 0.25) is 0 Å². The van der Waals surface area contributed by atoms with Gasteiger partial charge in [-0.25, -0.2) is 0 Å². The minimum atomic E-state index is 0.763. The van der Waals surface area contributed by atoms with E-state index in [1.165, 1.54) is 53.8 Å². The average molecular weight is 340 g/mol. The van der Waals surface area contributed by atoms with Crippen LogP contribution in [0.15, 0.2) is 28.7 Å². The Hall–Kier alpha value is 0.01000. The Morgan fingerprint density at radius 3 is 2.74 bits per heavy atom. The first-order chi connectivity index (χ1) is 9.31. The summed E-state index contributed by atoms with van der Waals surface area (Å²) < 4.78 is 1.21. The molecule has 0 amide bonds. The van der Waals surface area contributed by atoms with Gasteiger partial charge in [-0.3, -0.25) is 0 Å². The molecule has 1 aliphatic heterocycles. The third-order valence-corrected chi connectivity index (χ3v) is 6.04. The fourth-order valence-corrected chi connectivity index (χ4v) is 4.72. The molecule has 104 valence electrons. The van der Waals surface area contributed by atoms with Crippen molar-refractivity contribution in [3.05, 3.63) is 34.3 Å². The van der Waals surface area contributed by atoms with Gasteiger partial charge < -0.3 is 5.32 Å². The first-order valence-electron chi connectivity index (χ1n) is 7.38. The summed E-state index contributed by atoms with van der Waals surface area (Å²) in [6.45, 7) is 1.25. The van der Waals surface area contributed by atoms with Gasteiger partial charge in [-0.1, -0.05) is 28.1 Å². The van der Waals surface area contributed by atoms with E-state index in [4.69, 9.17) is 0 Å². The molecule has 3 rings (SSSR count). The molecule has 1 aliphatic carbocycles. The minimum Gasteiger partial charge on any atom is -0.314 e. The number of rotatable bonds is 4. The lowest BCUT2D eigenvalue weighted by atomic mass is 9.76. The van der Waals surface area contributed by atoms with Crippen LogP contribution in [0.25, 0.3) is 0 Å². The van der Waals surface area contributed by atoms with Crippen molar-refractivity contribution in [2.45, 2.75) is 37.6 Å². The van der Waals surface area contributed by atoms with Gasteiger partial charge in [0.2, 0.25) is 0 Å². The number of halogens is 1. The molecule has 2 fully saturated rings. The number of nitrogens with one attached hydrogen (secondary N) is 1. The fourth-order valence-electron chi connectivity index (χ4n) is 3.10. The lowest BCUT2D eigenvalue weighted by Gasteiger charge is -2.37. The van der Waals surface area contributed by atoms with E-state index in [9.17, 15) is 0 Å². The molecule has 19 heavy (non-hydrogen) atoms. The van der Waals surface area contributed by atoms with Gasteiger partial charge in [-0.15, -0.1) is 0 Å². The fraction of sp³-hybridized carbons (Fsp3) is 0.625. The molecule has 0 atom stereocenters. The predicted octanol–water partition coefficient (Wildman–Crippen LogP) is 4.43. The molecule has 1 aromatic carbocycles. The maximum absolute atomic E-state index is 3.78. The Morgan fingerprint density at radius 1 is 1.21 bits per heavy atom. The van der Waals surface area contributed by atoms with Crippen molar-refractivity contribution in [1.82, 2.24) is 5.32 Å². The van der Waals surface area contributed by atoms with Gasteiger partial charge in [0, 0.05) is 10.5 Å². The van der Waals surface area contributed by atoms with E-state index in [0.29, 0.717) is 0 Å². The normalized spacial score (nSPS) is 28.1. The molecule has 2 aliphatic rings. The quantitative estimate of drug-likeness (QED) is 0.870. The molecule has 1 N–H and O–H groups in total. The minimum absolute atomic E-state index is 0.763. The van der Waals surface area contributed by atoms with E-state index >= 15 is 0 Å². The monoisotopic (exact) mass is 339 g/mol. The van der Waals surface area contributed by atoms with E-state index < -0.39 is 0 Å². The molecule has 1 heterocycles. The third kappa shape index (κ3) is 3.77. The lowest BCUT2D eigenvalue weighted by Crippen LogP contribution is -2.42. The van der Waals surface area contributed by atoms with E-state index in [2.05, 4.69) is 57.3 Å². The van der Waals surface area contributed by atoms with Crippen LogP contribution >= 0.6 is 27.7 Å². The van der Waals surface area contributed by atoms with Crippen molar-refractivity contribution < 1.29 is 0 Å². The molecule has 1 aromatic rings. The van der Waals surface area contributed by atoms with Crippen LogP contribution in [0.4, 0.5) is 0 Å². The summed E-state index contributed by atoms with van der Waals surface area (Å²) in [5.74, 6) is 4.46. The van der Waals surface area contributed by atoms with Gasteiger partial charge in [-0.2, -0.15) is 11.8 Å². The summed E-state index contributed by atoms with van der Waals surface area (Å²) in [5.41, 5.74) is 1.50. The number of hydrogen-bond donors (Lipinski definition) is 1. The maximum atomic E-state index is 3.78. The highest BCUT2D eigenvalue weighted by molar-refractivity contribution is 9.10. The van der Waals surface area contributed by atoms with Crippen LogP contribution in [0, 0.1) is 5.92 Å². The molecule has 3 heteroatoms. The highest BCUT2D eigenvalue weighted by Gasteiger charge is 2.30. The van der Waals surface area contributed by atoms with E-state index in [1.54, 1.807) is 0 Å². The highest BCUT2D eigenvalue weighted by Crippen LogP contribution is 2.37. The molecule has 0 radical (unpaired) electrons. The average Bonchev–Trinajstić information content (AvgIpc) is 2.38. The molecule has 0 unspecified atom stereocenters. The molecular formula is C16H22BrNS. The smallest absolute Gasteiger partial charge is 0.0178 e. The zero-order valence-electron chi connectivity index (χ0n) is 11.3. The topological polar surface area (TPSA) is 12.0 Å². The third-order valence-electron chi connectivity index (χ3n) is 4.49. The van der Waals surface area contributed by atoms with Crippen molar-refractivity contribution in [2.75, 3.05) is 18.1 Å². The van der Waals surface area contributed by atoms with Crippen molar-refractivity contribution in [1.29, 1.82) is 0 Å². The van der Waals surface area contributed by atoms with Gasteiger partial charge >= 0.3 is 0 Å². The zero-order valence-corrected chi connectivity index (χ0v) is 13.7. The van der Waals surface area contributed by atoms with Crippen LogP contribution < -0.4 is 5.32 Å². The Balaban J connectivity index is 1.40. The Bertz CT molecular complexity index is 411. The molecule has 0 spiro atoms. The summed E-state index contributed by atoms with van der Waals surface area (Å²) in [5, 5.41) is 3.78. The second-order valence-corrected chi connectivity index (χ2v) is 8.02. The Labute approximate surface area is 129 Å². The Kier molecular flexibility index (Phi) is 4.88. The standard InChI is InChI=1S/C16H22BrNS/c17-15-3-1-2-13(8-15)14-9-16(10-14)18-11-12-4-6-19-7-5-12/h1-3,8,12,14,16,18H,4-7,9-11H2. The largest absolute Gasteiger partial charge is 0.314 e. The van der Waals surface area contributed by atoms with Crippen molar-refractivity contribution in [3.63, 3.8) is 0 Å². The van der Waals surface area contributed by atoms with Gasteiger partial charge in [-0.05, 0) is 73.3 Å². The lowest BCUT2D eigenvalue weighted by molar-refractivity contribution is 0.272. The van der Waals surface area contributed by atoms with Crippen LogP contribution in [0.3, 0.4) is 0 Å². The summed E-state index contributed by atoms with van der Waals surface area (Å²) in [4.78, 5) is 0. The summed E-state index contributed by atoms with van der Waals surface area (Å²) >= 11 is 5.68. The molecule has 0 bridgehead atoms. The van der Waals surface area contributed by atoms with Crippen LogP contribution in [-0.4, -0.2) is 24.1 Å². The van der Waals surface area contributed by atoms with E-state index in [0.717, 1.165) is 17.9 Å². The summed E-state index contributed by atoms with van der Waals surface area (Å²) in [7, 11) is 0.